The number of fused-ring (bicyclic) bond motifs is 1. The van der Waals surface area contributed by atoms with Gasteiger partial charge in [-0.1, -0.05) is 5.16 Å². The smallest absolute Gasteiger partial charge is 0.261 e. The highest BCUT2D eigenvalue weighted by molar-refractivity contribution is 5.93. The lowest BCUT2D eigenvalue weighted by Crippen LogP contribution is -2.48. The van der Waals surface area contributed by atoms with Gasteiger partial charge < -0.3 is 24.2 Å². The largest absolute Gasteiger partial charge is 0.497 e. The molecule has 5 rings (SSSR count). The molecule has 0 saturated carbocycles. The molecule has 3 aromatic rings. The van der Waals surface area contributed by atoms with Crippen molar-refractivity contribution in [2.24, 2.45) is 0 Å². The van der Waals surface area contributed by atoms with Crippen molar-refractivity contribution >= 4 is 16.7 Å². The van der Waals surface area contributed by atoms with Crippen LogP contribution in [0.3, 0.4) is 0 Å². The molecule has 1 N–H and O–H groups in total. The summed E-state index contributed by atoms with van der Waals surface area (Å²) in [5.41, 5.74) is 1.93. The van der Waals surface area contributed by atoms with Crippen molar-refractivity contribution in [3.05, 3.63) is 29.3 Å². The van der Waals surface area contributed by atoms with Gasteiger partial charge in [0.15, 0.2) is 11.6 Å². The second-order valence-electron chi connectivity index (χ2n) is 8.90. The van der Waals surface area contributed by atoms with Gasteiger partial charge in [0.1, 0.15) is 17.1 Å². The minimum absolute atomic E-state index is 0.325. The van der Waals surface area contributed by atoms with Crippen molar-refractivity contribution in [2.45, 2.75) is 51.6 Å². The highest BCUT2D eigenvalue weighted by atomic mass is 19.1. The third kappa shape index (κ3) is 4.39. The Kier molecular flexibility index (Phi) is 6.16. The fourth-order valence-corrected chi connectivity index (χ4v) is 4.89. The molecule has 176 valence electrons. The molecule has 0 aliphatic carbocycles. The Labute approximate surface area is 192 Å². The van der Waals surface area contributed by atoms with Crippen LogP contribution in [0.25, 0.3) is 22.4 Å². The number of aromatic nitrogens is 3. The predicted molar refractivity (Wildman–Crippen MR) is 123 cm³/mol. The van der Waals surface area contributed by atoms with Crippen LogP contribution in [-0.2, 0) is 4.74 Å². The minimum atomic E-state index is -0.405. The van der Waals surface area contributed by atoms with Gasteiger partial charge in [-0.05, 0) is 51.2 Å². The summed E-state index contributed by atoms with van der Waals surface area (Å²) in [7, 11) is 1.53. The van der Waals surface area contributed by atoms with Crippen molar-refractivity contribution in [3.8, 4) is 17.2 Å². The molecular weight excluding hydrogens is 425 g/mol. The van der Waals surface area contributed by atoms with E-state index in [-0.39, 0.29) is 0 Å². The Morgan fingerprint density at radius 2 is 1.79 bits per heavy atom. The van der Waals surface area contributed by atoms with Gasteiger partial charge in [0.25, 0.3) is 5.89 Å². The van der Waals surface area contributed by atoms with Crippen LogP contribution in [0.15, 0.2) is 16.7 Å². The summed E-state index contributed by atoms with van der Waals surface area (Å²) in [6.45, 7) is 7.03. The number of nitrogens with one attached hydrogen (secondary N) is 1. The lowest BCUT2D eigenvalue weighted by Gasteiger charge is -2.36. The molecule has 0 unspecified atom stereocenters. The second kappa shape index (κ2) is 9.23. The maximum absolute atomic E-state index is 15.0. The number of halogens is 1. The summed E-state index contributed by atoms with van der Waals surface area (Å²) < 4.78 is 31.3. The number of piperidine rings is 1. The molecule has 8 nitrogen and oxygen atoms in total. The fourth-order valence-electron chi connectivity index (χ4n) is 4.89. The summed E-state index contributed by atoms with van der Waals surface area (Å²) >= 11 is 0. The van der Waals surface area contributed by atoms with E-state index in [4.69, 9.17) is 19.0 Å². The Hall–Kier alpha value is -2.78. The van der Waals surface area contributed by atoms with E-state index in [0.29, 0.717) is 46.3 Å². The molecule has 0 radical (unpaired) electrons. The van der Waals surface area contributed by atoms with Gasteiger partial charge >= 0.3 is 0 Å². The standard InChI is InChI=1S/C24H30FN5O3/c1-14-19-12-18(31-3)13-20(25)22(19)28-23(21(14)24-26-15(2)29-33-24)30-8-4-16(5-9-30)27-17-6-10-32-11-7-17/h12-13,16-17,27H,4-11H2,1-3H3. The van der Waals surface area contributed by atoms with E-state index < -0.39 is 5.82 Å². The van der Waals surface area contributed by atoms with Crippen LogP contribution in [0.1, 0.15) is 37.1 Å². The zero-order valence-electron chi connectivity index (χ0n) is 19.4. The van der Waals surface area contributed by atoms with Gasteiger partial charge in [0.05, 0.1) is 12.7 Å². The number of rotatable bonds is 5. The van der Waals surface area contributed by atoms with Gasteiger partial charge in [-0.3, -0.25) is 0 Å². The molecule has 2 aliphatic rings. The van der Waals surface area contributed by atoms with E-state index in [1.54, 1.807) is 13.0 Å². The molecule has 2 aliphatic heterocycles. The van der Waals surface area contributed by atoms with Crippen LogP contribution < -0.4 is 15.0 Å². The zero-order chi connectivity index (χ0) is 22.9. The minimum Gasteiger partial charge on any atom is -0.497 e. The first-order valence-electron chi connectivity index (χ1n) is 11.6. The van der Waals surface area contributed by atoms with Crippen LogP contribution in [-0.4, -0.2) is 60.6 Å². The molecule has 2 aromatic heterocycles. The van der Waals surface area contributed by atoms with Crippen LogP contribution in [0.4, 0.5) is 10.2 Å². The third-order valence-electron chi connectivity index (χ3n) is 6.72. The van der Waals surface area contributed by atoms with Crippen LogP contribution in [0, 0.1) is 19.7 Å². The molecule has 0 bridgehead atoms. The second-order valence-corrected chi connectivity index (χ2v) is 8.90. The number of methoxy groups -OCH3 is 1. The van der Waals surface area contributed by atoms with Crippen molar-refractivity contribution in [3.63, 3.8) is 0 Å². The summed E-state index contributed by atoms with van der Waals surface area (Å²) in [5, 5.41) is 8.46. The number of hydrogen-bond acceptors (Lipinski definition) is 8. The maximum Gasteiger partial charge on any atom is 0.261 e. The number of benzene rings is 1. The predicted octanol–water partition coefficient (Wildman–Crippen LogP) is 3.79. The molecule has 0 atom stereocenters. The number of ether oxygens (including phenoxy) is 2. The Bertz CT molecular complexity index is 1140. The molecule has 0 amide bonds. The zero-order valence-corrected chi connectivity index (χ0v) is 19.4. The van der Waals surface area contributed by atoms with Crippen molar-refractivity contribution < 1.29 is 18.4 Å². The fraction of sp³-hybridized carbons (Fsp3) is 0.542. The molecule has 2 saturated heterocycles. The Morgan fingerprint density at radius 3 is 2.45 bits per heavy atom. The van der Waals surface area contributed by atoms with Crippen LogP contribution in [0.2, 0.25) is 0 Å². The highest BCUT2D eigenvalue weighted by Crippen LogP contribution is 2.38. The van der Waals surface area contributed by atoms with E-state index in [0.717, 1.165) is 63.1 Å². The van der Waals surface area contributed by atoms with Crippen LogP contribution >= 0.6 is 0 Å². The summed E-state index contributed by atoms with van der Waals surface area (Å²) in [6, 6.07) is 4.17. The summed E-state index contributed by atoms with van der Waals surface area (Å²) in [5.74, 6) is 1.69. The van der Waals surface area contributed by atoms with Gasteiger partial charge in [-0.15, -0.1) is 0 Å². The molecule has 2 fully saturated rings. The average molecular weight is 456 g/mol. The Balaban J connectivity index is 1.48. The third-order valence-corrected chi connectivity index (χ3v) is 6.72. The topological polar surface area (TPSA) is 85.5 Å². The number of aryl methyl sites for hydroxylation is 2. The number of nitrogens with zero attached hydrogens (tertiary/aromatic N) is 4. The first-order valence-corrected chi connectivity index (χ1v) is 11.6. The van der Waals surface area contributed by atoms with E-state index in [9.17, 15) is 4.39 Å². The SMILES string of the molecule is COc1cc(F)c2nc(N3CCC(NC4CCOCC4)CC3)c(-c3nc(C)no3)c(C)c2c1. The van der Waals surface area contributed by atoms with Gasteiger partial charge in [-0.25, -0.2) is 9.37 Å². The first kappa shape index (κ1) is 22.0. The Morgan fingerprint density at radius 1 is 1.06 bits per heavy atom. The number of anilines is 1. The van der Waals surface area contributed by atoms with Crippen molar-refractivity contribution in [1.29, 1.82) is 0 Å². The summed E-state index contributed by atoms with van der Waals surface area (Å²) in [6.07, 6.45) is 4.11. The molecular formula is C24H30FN5O3. The van der Waals surface area contributed by atoms with Crippen molar-refractivity contribution in [1.82, 2.24) is 20.4 Å². The van der Waals surface area contributed by atoms with Gasteiger partial charge in [0.2, 0.25) is 0 Å². The van der Waals surface area contributed by atoms with Gasteiger partial charge in [-0.2, -0.15) is 4.98 Å². The van der Waals surface area contributed by atoms with Crippen molar-refractivity contribution in [2.75, 3.05) is 38.3 Å². The van der Waals surface area contributed by atoms with E-state index >= 15 is 0 Å². The highest BCUT2D eigenvalue weighted by Gasteiger charge is 2.28. The number of pyridine rings is 1. The molecule has 0 spiro atoms. The summed E-state index contributed by atoms with van der Waals surface area (Å²) in [4.78, 5) is 11.5. The van der Waals surface area contributed by atoms with E-state index in [1.165, 1.54) is 13.2 Å². The monoisotopic (exact) mass is 455 g/mol. The molecule has 4 heterocycles. The molecule has 33 heavy (non-hydrogen) atoms. The number of hydrogen-bond donors (Lipinski definition) is 1. The van der Waals surface area contributed by atoms with E-state index in [1.807, 2.05) is 6.92 Å². The normalized spacial score (nSPS) is 18.2. The van der Waals surface area contributed by atoms with Gasteiger partial charge in [0, 0.05) is 49.8 Å². The van der Waals surface area contributed by atoms with E-state index in [2.05, 4.69) is 20.4 Å². The maximum atomic E-state index is 15.0. The lowest BCUT2D eigenvalue weighted by molar-refractivity contribution is 0.0738. The average Bonchev–Trinajstić information content (AvgIpc) is 3.26. The molecule has 1 aromatic carbocycles. The lowest BCUT2D eigenvalue weighted by atomic mass is 9.99. The molecule has 9 heteroatoms. The quantitative estimate of drug-likeness (QED) is 0.622. The van der Waals surface area contributed by atoms with Crippen LogP contribution in [0.5, 0.6) is 5.75 Å². The first-order chi connectivity index (χ1) is 16.0.